The normalized spacial score (nSPS) is 10.6. The van der Waals surface area contributed by atoms with Crippen molar-refractivity contribution in [2.24, 2.45) is 0 Å². The first-order valence-corrected chi connectivity index (χ1v) is 5.97. The lowest BCUT2D eigenvalue weighted by Crippen LogP contribution is -2.21. The minimum Gasteiger partial charge on any atom is -0.349 e. The second kappa shape index (κ2) is 5.53. The largest absolute Gasteiger partial charge is 0.349 e. The number of halogens is 1. The van der Waals surface area contributed by atoms with Crippen LogP contribution in [0.4, 0.5) is 5.13 Å². The predicted octanol–water partition coefficient (Wildman–Crippen LogP) is 2.36. The van der Waals surface area contributed by atoms with Crippen molar-refractivity contribution in [1.29, 1.82) is 0 Å². The van der Waals surface area contributed by atoms with Gasteiger partial charge in [0.15, 0.2) is 5.13 Å². The van der Waals surface area contributed by atoms with Gasteiger partial charge in [0.05, 0.1) is 4.88 Å². The maximum Gasteiger partial charge on any atom is 0.187 e. The van der Waals surface area contributed by atoms with E-state index >= 15 is 0 Å². The Morgan fingerprint density at radius 1 is 1.43 bits per heavy atom. The zero-order valence-corrected chi connectivity index (χ0v) is 10.4. The van der Waals surface area contributed by atoms with Crippen molar-refractivity contribution in [3.05, 3.63) is 10.0 Å². The molecule has 80 valence electrons. The fourth-order valence-corrected chi connectivity index (χ4v) is 2.62. The lowest BCUT2D eigenvalue weighted by molar-refractivity contribution is 0.829. The summed E-state index contributed by atoms with van der Waals surface area (Å²) in [5.41, 5.74) is 0. The lowest BCUT2D eigenvalue weighted by atomic mass is 10.5. The van der Waals surface area contributed by atoms with E-state index in [0.717, 1.165) is 29.6 Å². The Morgan fingerprint density at radius 3 is 2.57 bits per heavy atom. The SMILES string of the molecule is CCN(CC)c1nc(Cl)c(CNC)s1. The highest BCUT2D eigenvalue weighted by molar-refractivity contribution is 7.16. The first kappa shape index (κ1) is 11.8. The van der Waals surface area contributed by atoms with Gasteiger partial charge in [-0.15, -0.1) is 0 Å². The van der Waals surface area contributed by atoms with Crippen LogP contribution >= 0.6 is 22.9 Å². The molecule has 0 amide bonds. The fraction of sp³-hybridized carbons (Fsp3) is 0.667. The Labute approximate surface area is 94.1 Å². The second-order valence-corrected chi connectivity index (χ2v) is 4.33. The van der Waals surface area contributed by atoms with Crippen molar-refractivity contribution in [2.75, 3.05) is 25.0 Å². The molecular formula is C9H16ClN3S. The van der Waals surface area contributed by atoms with Crippen molar-refractivity contribution in [3.8, 4) is 0 Å². The van der Waals surface area contributed by atoms with Gasteiger partial charge in [0.25, 0.3) is 0 Å². The summed E-state index contributed by atoms with van der Waals surface area (Å²) in [5, 5.41) is 4.73. The molecule has 0 saturated heterocycles. The van der Waals surface area contributed by atoms with Crippen LogP contribution in [-0.4, -0.2) is 25.1 Å². The van der Waals surface area contributed by atoms with Crippen molar-refractivity contribution in [1.82, 2.24) is 10.3 Å². The molecule has 1 aromatic heterocycles. The molecule has 1 rings (SSSR count). The highest BCUT2D eigenvalue weighted by Crippen LogP contribution is 2.29. The van der Waals surface area contributed by atoms with E-state index in [0.29, 0.717) is 5.15 Å². The molecule has 0 unspecified atom stereocenters. The van der Waals surface area contributed by atoms with E-state index in [2.05, 4.69) is 29.0 Å². The van der Waals surface area contributed by atoms with Gasteiger partial charge >= 0.3 is 0 Å². The summed E-state index contributed by atoms with van der Waals surface area (Å²) in [6.07, 6.45) is 0. The topological polar surface area (TPSA) is 28.2 Å². The molecule has 0 aromatic carbocycles. The van der Waals surface area contributed by atoms with Gasteiger partial charge < -0.3 is 10.2 Å². The molecule has 3 nitrogen and oxygen atoms in total. The molecular weight excluding hydrogens is 218 g/mol. The minimum absolute atomic E-state index is 0.631. The third-order valence-corrected chi connectivity index (χ3v) is 3.55. The van der Waals surface area contributed by atoms with Gasteiger partial charge in [-0.1, -0.05) is 22.9 Å². The van der Waals surface area contributed by atoms with Gasteiger partial charge in [-0.05, 0) is 20.9 Å². The van der Waals surface area contributed by atoms with Crippen molar-refractivity contribution < 1.29 is 0 Å². The molecule has 0 fully saturated rings. The summed E-state index contributed by atoms with van der Waals surface area (Å²) in [4.78, 5) is 7.65. The Balaban J connectivity index is 2.83. The van der Waals surface area contributed by atoms with Crippen LogP contribution < -0.4 is 10.2 Å². The van der Waals surface area contributed by atoms with Crippen LogP contribution in [0.25, 0.3) is 0 Å². The summed E-state index contributed by atoms with van der Waals surface area (Å²) in [7, 11) is 1.91. The molecule has 0 spiro atoms. The number of thiazole rings is 1. The first-order chi connectivity index (χ1) is 6.72. The van der Waals surface area contributed by atoms with Crippen LogP contribution in [0.3, 0.4) is 0 Å². The zero-order chi connectivity index (χ0) is 10.6. The van der Waals surface area contributed by atoms with Crippen molar-refractivity contribution in [3.63, 3.8) is 0 Å². The zero-order valence-electron chi connectivity index (χ0n) is 8.80. The minimum atomic E-state index is 0.631. The van der Waals surface area contributed by atoms with E-state index in [-0.39, 0.29) is 0 Å². The molecule has 1 aromatic rings. The average molecular weight is 234 g/mol. The van der Waals surface area contributed by atoms with Crippen LogP contribution in [-0.2, 0) is 6.54 Å². The van der Waals surface area contributed by atoms with Gasteiger partial charge in [0.2, 0.25) is 0 Å². The monoisotopic (exact) mass is 233 g/mol. The van der Waals surface area contributed by atoms with Gasteiger partial charge in [-0.3, -0.25) is 0 Å². The second-order valence-electron chi connectivity index (χ2n) is 2.91. The Morgan fingerprint density at radius 2 is 2.07 bits per heavy atom. The number of aromatic nitrogens is 1. The van der Waals surface area contributed by atoms with Crippen molar-refractivity contribution >= 4 is 28.1 Å². The van der Waals surface area contributed by atoms with Crippen LogP contribution in [0.1, 0.15) is 18.7 Å². The Hall–Kier alpha value is -0.320. The molecule has 1 N–H and O–H groups in total. The molecule has 0 aliphatic carbocycles. The van der Waals surface area contributed by atoms with Gasteiger partial charge in [0.1, 0.15) is 5.15 Å². The average Bonchev–Trinajstić information content (AvgIpc) is 2.51. The highest BCUT2D eigenvalue weighted by Gasteiger charge is 2.11. The molecule has 0 aliphatic heterocycles. The molecule has 0 atom stereocenters. The maximum atomic E-state index is 6.01. The van der Waals surface area contributed by atoms with E-state index < -0.39 is 0 Å². The number of nitrogens with one attached hydrogen (secondary N) is 1. The van der Waals surface area contributed by atoms with Crippen molar-refractivity contribution in [2.45, 2.75) is 20.4 Å². The van der Waals surface area contributed by atoms with Crippen LogP contribution in [0.5, 0.6) is 0 Å². The van der Waals surface area contributed by atoms with E-state index in [1.54, 1.807) is 11.3 Å². The van der Waals surface area contributed by atoms with E-state index in [4.69, 9.17) is 11.6 Å². The van der Waals surface area contributed by atoms with Crippen LogP contribution in [0.2, 0.25) is 5.15 Å². The number of hydrogen-bond acceptors (Lipinski definition) is 4. The van der Waals surface area contributed by atoms with E-state index in [9.17, 15) is 0 Å². The summed E-state index contributed by atoms with van der Waals surface area (Å²) in [6.45, 7) is 6.98. The third kappa shape index (κ3) is 2.59. The summed E-state index contributed by atoms with van der Waals surface area (Å²) in [5.74, 6) is 0. The number of anilines is 1. The molecule has 0 saturated carbocycles. The smallest absolute Gasteiger partial charge is 0.187 e. The molecule has 14 heavy (non-hydrogen) atoms. The van der Waals surface area contributed by atoms with Gasteiger partial charge in [-0.25, -0.2) is 4.98 Å². The maximum absolute atomic E-state index is 6.01. The summed E-state index contributed by atoms with van der Waals surface area (Å²) >= 11 is 7.68. The first-order valence-electron chi connectivity index (χ1n) is 4.77. The molecule has 0 aliphatic rings. The van der Waals surface area contributed by atoms with Gasteiger partial charge in [0, 0.05) is 19.6 Å². The molecule has 1 heterocycles. The van der Waals surface area contributed by atoms with E-state index in [1.807, 2.05) is 7.05 Å². The molecule has 0 radical (unpaired) electrons. The van der Waals surface area contributed by atoms with Gasteiger partial charge in [-0.2, -0.15) is 0 Å². The third-order valence-electron chi connectivity index (χ3n) is 2.01. The number of rotatable bonds is 5. The quantitative estimate of drug-likeness (QED) is 0.847. The molecule has 0 bridgehead atoms. The van der Waals surface area contributed by atoms with Crippen LogP contribution in [0.15, 0.2) is 0 Å². The predicted molar refractivity (Wildman–Crippen MR) is 63.4 cm³/mol. The Kier molecular flexibility index (Phi) is 4.65. The fourth-order valence-electron chi connectivity index (χ4n) is 1.22. The lowest BCUT2D eigenvalue weighted by Gasteiger charge is -2.16. The number of hydrogen-bond donors (Lipinski definition) is 1. The molecule has 5 heteroatoms. The highest BCUT2D eigenvalue weighted by atomic mass is 35.5. The summed E-state index contributed by atoms with van der Waals surface area (Å²) in [6, 6.07) is 0. The number of nitrogens with zero attached hydrogens (tertiary/aromatic N) is 2. The Bertz CT molecular complexity index is 284. The van der Waals surface area contributed by atoms with E-state index in [1.165, 1.54) is 0 Å². The van der Waals surface area contributed by atoms with Crippen LogP contribution in [0, 0.1) is 0 Å². The standard InChI is InChI=1S/C9H16ClN3S/c1-4-13(5-2)9-12-8(10)7(14-9)6-11-3/h11H,4-6H2,1-3H3. The summed E-state index contributed by atoms with van der Waals surface area (Å²) < 4.78 is 0.